The molecule has 7 nitrogen and oxygen atoms in total. The van der Waals surface area contributed by atoms with Crippen LogP contribution in [-0.2, 0) is 11.4 Å². The Kier molecular flexibility index (Phi) is 6.09. The van der Waals surface area contributed by atoms with Crippen LogP contribution >= 0.6 is 0 Å². The van der Waals surface area contributed by atoms with Crippen molar-refractivity contribution in [2.75, 3.05) is 10.6 Å². The average Bonchev–Trinajstić information content (AvgIpc) is 2.68. The minimum atomic E-state index is -0.566. The number of nitrogens with one attached hydrogen (secondary N) is 2. The number of hydrogen-bond donors (Lipinski definition) is 2. The number of anilines is 2. The van der Waals surface area contributed by atoms with Gasteiger partial charge in [0.05, 0.1) is 0 Å². The van der Waals surface area contributed by atoms with Gasteiger partial charge in [0.25, 0.3) is 11.5 Å². The largest absolute Gasteiger partial charge is 0.406 e. The van der Waals surface area contributed by atoms with Crippen LogP contribution in [0.4, 0.5) is 11.4 Å². The van der Waals surface area contributed by atoms with Gasteiger partial charge in [0, 0.05) is 24.5 Å². The van der Waals surface area contributed by atoms with E-state index in [1.807, 2.05) is 31.2 Å². The smallest absolute Gasteiger partial charge is 0.295 e. The second-order valence-corrected chi connectivity index (χ2v) is 6.47. The standard InChI is InChI=1S/C22H21N3O4/c1-15-7-3-4-8-17(15)14-29-25-12-6-11-20(22(25)28)21(27)24-19-10-5-9-18(13-19)23-16(2)26/h3-13H,14H2,1-2H3,(H,23,26)(H,24,27). The van der Waals surface area contributed by atoms with Crippen molar-refractivity contribution in [2.45, 2.75) is 20.5 Å². The third-order valence-electron chi connectivity index (χ3n) is 4.22. The van der Waals surface area contributed by atoms with Crippen molar-refractivity contribution in [3.8, 4) is 0 Å². The number of aromatic nitrogens is 1. The molecule has 0 atom stereocenters. The van der Waals surface area contributed by atoms with E-state index in [0.29, 0.717) is 11.4 Å². The number of rotatable bonds is 6. The molecule has 1 aromatic heterocycles. The Morgan fingerprint density at radius 3 is 2.41 bits per heavy atom. The molecule has 29 heavy (non-hydrogen) atoms. The molecule has 1 heterocycles. The molecule has 0 aliphatic carbocycles. The molecule has 3 aromatic rings. The van der Waals surface area contributed by atoms with Crippen LogP contribution in [-0.4, -0.2) is 16.5 Å². The van der Waals surface area contributed by atoms with Crippen LogP contribution in [0.15, 0.2) is 71.7 Å². The minimum absolute atomic E-state index is 0.0535. The van der Waals surface area contributed by atoms with Crippen LogP contribution in [0.3, 0.4) is 0 Å². The molecule has 0 spiro atoms. The fourth-order valence-corrected chi connectivity index (χ4v) is 2.74. The molecule has 3 rings (SSSR count). The van der Waals surface area contributed by atoms with Crippen molar-refractivity contribution in [3.05, 3.63) is 93.9 Å². The van der Waals surface area contributed by atoms with E-state index < -0.39 is 11.5 Å². The Morgan fingerprint density at radius 2 is 1.69 bits per heavy atom. The lowest BCUT2D eigenvalue weighted by molar-refractivity contribution is -0.114. The summed E-state index contributed by atoms with van der Waals surface area (Å²) in [5, 5.41) is 5.30. The molecule has 0 radical (unpaired) electrons. The van der Waals surface area contributed by atoms with Gasteiger partial charge in [-0.15, -0.1) is 0 Å². The normalized spacial score (nSPS) is 10.3. The molecular formula is C22H21N3O4. The lowest BCUT2D eigenvalue weighted by Gasteiger charge is -2.12. The van der Waals surface area contributed by atoms with Gasteiger partial charge in [-0.25, -0.2) is 0 Å². The highest BCUT2D eigenvalue weighted by Gasteiger charge is 2.13. The van der Waals surface area contributed by atoms with Crippen molar-refractivity contribution in [1.82, 2.24) is 4.73 Å². The van der Waals surface area contributed by atoms with Crippen molar-refractivity contribution < 1.29 is 14.4 Å². The molecule has 0 fully saturated rings. The molecule has 0 saturated heterocycles. The van der Waals surface area contributed by atoms with Crippen LogP contribution in [0.2, 0.25) is 0 Å². The van der Waals surface area contributed by atoms with Gasteiger partial charge in [0.1, 0.15) is 12.2 Å². The molecule has 148 valence electrons. The first-order valence-corrected chi connectivity index (χ1v) is 9.02. The Hall–Kier alpha value is -3.87. The molecule has 0 bridgehead atoms. The maximum absolute atomic E-state index is 12.6. The van der Waals surface area contributed by atoms with E-state index in [1.165, 1.54) is 19.2 Å². The van der Waals surface area contributed by atoms with Gasteiger partial charge in [0.15, 0.2) is 0 Å². The van der Waals surface area contributed by atoms with E-state index in [2.05, 4.69) is 10.6 Å². The highest BCUT2D eigenvalue weighted by Crippen LogP contribution is 2.15. The van der Waals surface area contributed by atoms with Gasteiger partial charge in [-0.1, -0.05) is 30.3 Å². The predicted octanol–water partition coefficient (Wildman–Crippen LogP) is 3.00. The zero-order chi connectivity index (χ0) is 20.8. The second kappa shape index (κ2) is 8.88. The molecule has 0 unspecified atom stereocenters. The number of amides is 2. The Morgan fingerprint density at radius 1 is 0.966 bits per heavy atom. The Balaban J connectivity index is 1.75. The van der Waals surface area contributed by atoms with Gasteiger partial charge in [-0.05, 0) is 48.4 Å². The summed E-state index contributed by atoms with van der Waals surface area (Å²) in [6.45, 7) is 3.56. The summed E-state index contributed by atoms with van der Waals surface area (Å²) in [7, 11) is 0. The maximum atomic E-state index is 12.6. The van der Waals surface area contributed by atoms with Gasteiger partial charge < -0.3 is 15.5 Å². The number of hydrogen-bond acceptors (Lipinski definition) is 4. The first-order chi connectivity index (χ1) is 13.9. The SMILES string of the molecule is CC(=O)Nc1cccc(NC(=O)c2cccn(OCc3ccccc3C)c2=O)c1. The third-order valence-corrected chi connectivity index (χ3v) is 4.22. The Bertz CT molecular complexity index is 1100. The highest BCUT2D eigenvalue weighted by molar-refractivity contribution is 6.04. The molecule has 2 N–H and O–H groups in total. The van der Waals surface area contributed by atoms with E-state index in [4.69, 9.17) is 4.84 Å². The number of nitrogens with zero attached hydrogens (tertiary/aromatic N) is 1. The zero-order valence-electron chi connectivity index (χ0n) is 16.1. The van der Waals surface area contributed by atoms with Crippen molar-refractivity contribution in [2.24, 2.45) is 0 Å². The third kappa shape index (κ3) is 5.10. The van der Waals surface area contributed by atoms with Crippen LogP contribution in [0.25, 0.3) is 0 Å². The molecule has 7 heteroatoms. The monoisotopic (exact) mass is 391 g/mol. The maximum Gasteiger partial charge on any atom is 0.295 e. The molecule has 0 aliphatic heterocycles. The fraction of sp³-hybridized carbons (Fsp3) is 0.136. The summed E-state index contributed by atoms with van der Waals surface area (Å²) in [6, 6.07) is 17.4. The van der Waals surface area contributed by atoms with Crippen LogP contribution in [0.5, 0.6) is 0 Å². The molecule has 2 amide bonds. The summed E-state index contributed by atoms with van der Waals surface area (Å²) in [5.41, 5.74) is 2.38. The first-order valence-electron chi connectivity index (χ1n) is 9.02. The number of pyridine rings is 1. The number of aryl methyl sites for hydroxylation is 1. The van der Waals surface area contributed by atoms with E-state index >= 15 is 0 Å². The molecule has 0 aliphatic rings. The summed E-state index contributed by atoms with van der Waals surface area (Å²) >= 11 is 0. The van der Waals surface area contributed by atoms with Crippen LogP contribution in [0.1, 0.15) is 28.4 Å². The highest BCUT2D eigenvalue weighted by atomic mass is 16.7. The first kappa shape index (κ1) is 19.9. The molecular weight excluding hydrogens is 370 g/mol. The van der Waals surface area contributed by atoms with E-state index in [-0.39, 0.29) is 18.1 Å². The van der Waals surface area contributed by atoms with Crippen molar-refractivity contribution in [1.29, 1.82) is 0 Å². The van der Waals surface area contributed by atoms with Crippen molar-refractivity contribution in [3.63, 3.8) is 0 Å². The van der Waals surface area contributed by atoms with Gasteiger partial charge in [-0.2, -0.15) is 4.73 Å². The fourth-order valence-electron chi connectivity index (χ4n) is 2.74. The number of carbonyl (C=O) groups is 2. The summed E-state index contributed by atoms with van der Waals surface area (Å²) in [4.78, 5) is 42.0. The summed E-state index contributed by atoms with van der Waals surface area (Å²) in [6.07, 6.45) is 1.47. The van der Waals surface area contributed by atoms with Crippen LogP contribution in [0, 0.1) is 6.92 Å². The Labute approximate surface area is 167 Å². The topological polar surface area (TPSA) is 89.4 Å². The van der Waals surface area contributed by atoms with Crippen molar-refractivity contribution >= 4 is 23.2 Å². The second-order valence-electron chi connectivity index (χ2n) is 6.47. The molecule has 0 saturated carbocycles. The molecule has 2 aromatic carbocycles. The average molecular weight is 391 g/mol. The predicted molar refractivity (Wildman–Crippen MR) is 111 cm³/mol. The number of benzene rings is 2. The van der Waals surface area contributed by atoms with Gasteiger partial charge >= 0.3 is 0 Å². The van der Waals surface area contributed by atoms with Gasteiger partial charge in [-0.3, -0.25) is 14.4 Å². The van der Waals surface area contributed by atoms with E-state index in [9.17, 15) is 14.4 Å². The number of carbonyl (C=O) groups excluding carboxylic acids is 2. The quantitative estimate of drug-likeness (QED) is 0.676. The van der Waals surface area contributed by atoms with E-state index in [0.717, 1.165) is 15.9 Å². The van der Waals surface area contributed by atoms with Crippen LogP contribution < -0.4 is 21.0 Å². The minimum Gasteiger partial charge on any atom is -0.406 e. The zero-order valence-corrected chi connectivity index (χ0v) is 16.1. The lowest BCUT2D eigenvalue weighted by atomic mass is 10.1. The van der Waals surface area contributed by atoms with Gasteiger partial charge in [0.2, 0.25) is 5.91 Å². The lowest BCUT2D eigenvalue weighted by Crippen LogP contribution is -2.32. The van der Waals surface area contributed by atoms with E-state index in [1.54, 1.807) is 30.3 Å². The summed E-state index contributed by atoms with van der Waals surface area (Å²) in [5.74, 6) is -0.783. The summed E-state index contributed by atoms with van der Waals surface area (Å²) < 4.78 is 1.05.